The molecule has 0 saturated carbocycles. The molecule has 0 radical (unpaired) electrons. The van der Waals surface area contributed by atoms with Crippen LogP contribution in [-0.2, 0) is 27.3 Å². The molecule has 0 aliphatic carbocycles. The molecule has 7 heteroatoms. The lowest BCUT2D eigenvalue weighted by Gasteiger charge is -2.23. The van der Waals surface area contributed by atoms with Gasteiger partial charge in [-0.1, -0.05) is 47.5 Å². The average Bonchev–Trinajstić information content (AvgIpc) is 2.78. The van der Waals surface area contributed by atoms with Gasteiger partial charge in [-0.3, -0.25) is 9.80 Å². The first kappa shape index (κ1) is 24.5. The number of hydrogen-bond acceptors (Lipinski definition) is 5. The molecule has 1 heterocycles. The maximum atomic E-state index is 6.01. The monoisotopic (exact) mass is 466 g/mol. The van der Waals surface area contributed by atoms with E-state index < -0.39 is 0 Å². The SMILES string of the molecule is Clc1ccc(CN2CCOCCOCCN(Cc3ccc(Cl)cc3)CCOCC2)cc1. The fourth-order valence-corrected chi connectivity index (χ4v) is 3.69. The molecule has 0 aromatic heterocycles. The van der Waals surface area contributed by atoms with Gasteiger partial charge in [0.1, 0.15) is 0 Å². The lowest BCUT2D eigenvalue weighted by atomic mass is 10.2. The molecule has 0 N–H and O–H groups in total. The van der Waals surface area contributed by atoms with E-state index in [1.807, 2.05) is 24.3 Å². The van der Waals surface area contributed by atoms with Crippen LogP contribution in [0.5, 0.6) is 0 Å². The zero-order chi connectivity index (χ0) is 21.7. The average molecular weight is 467 g/mol. The van der Waals surface area contributed by atoms with E-state index >= 15 is 0 Å². The number of halogens is 2. The Balaban J connectivity index is 1.50. The predicted molar refractivity (Wildman–Crippen MR) is 126 cm³/mol. The normalized spacial score (nSPS) is 18.9. The molecule has 0 bridgehead atoms. The molecule has 0 unspecified atom stereocenters. The van der Waals surface area contributed by atoms with E-state index in [-0.39, 0.29) is 0 Å². The van der Waals surface area contributed by atoms with E-state index in [1.165, 1.54) is 11.1 Å². The van der Waals surface area contributed by atoms with E-state index in [2.05, 4.69) is 34.1 Å². The summed E-state index contributed by atoms with van der Waals surface area (Å²) in [5.41, 5.74) is 2.47. The van der Waals surface area contributed by atoms with Gasteiger partial charge < -0.3 is 14.2 Å². The summed E-state index contributed by atoms with van der Waals surface area (Å²) in [6.07, 6.45) is 0. The Morgan fingerprint density at radius 3 is 1.19 bits per heavy atom. The number of benzene rings is 2. The third-order valence-electron chi connectivity index (χ3n) is 5.22. The van der Waals surface area contributed by atoms with Crippen LogP contribution in [0.15, 0.2) is 48.5 Å². The largest absolute Gasteiger partial charge is 0.379 e. The molecule has 1 aliphatic heterocycles. The van der Waals surface area contributed by atoms with Crippen molar-refractivity contribution in [3.63, 3.8) is 0 Å². The van der Waals surface area contributed by atoms with Gasteiger partial charge in [-0.2, -0.15) is 0 Å². The maximum Gasteiger partial charge on any atom is 0.0701 e. The molecule has 0 amide bonds. The third kappa shape index (κ3) is 9.87. The molecular formula is C24H32Cl2N2O3. The van der Waals surface area contributed by atoms with Crippen LogP contribution in [0.3, 0.4) is 0 Å². The zero-order valence-electron chi connectivity index (χ0n) is 18.0. The van der Waals surface area contributed by atoms with E-state index in [0.29, 0.717) is 39.6 Å². The first-order valence-corrected chi connectivity index (χ1v) is 11.6. The molecule has 5 nitrogen and oxygen atoms in total. The number of hydrogen-bond donors (Lipinski definition) is 0. The van der Waals surface area contributed by atoms with Crippen LogP contribution in [0.25, 0.3) is 0 Å². The van der Waals surface area contributed by atoms with Crippen molar-refractivity contribution in [2.45, 2.75) is 13.1 Å². The van der Waals surface area contributed by atoms with E-state index in [9.17, 15) is 0 Å². The van der Waals surface area contributed by atoms with Crippen molar-refractivity contribution in [1.29, 1.82) is 0 Å². The van der Waals surface area contributed by atoms with Crippen molar-refractivity contribution in [3.8, 4) is 0 Å². The van der Waals surface area contributed by atoms with Gasteiger partial charge in [-0.25, -0.2) is 0 Å². The van der Waals surface area contributed by atoms with E-state index in [1.54, 1.807) is 0 Å². The Bertz CT molecular complexity index is 680. The molecule has 2 aromatic rings. The second-order valence-electron chi connectivity index (χ2n) is 7.64. The molecular weight excluding hydrogens is 435 g/mol. The fraction of sp³-hybridized carbons (Fsp3) is 0.500. The second kappa shape index (κ2) is 14.1. The Morgan fingerprint density at radius 2 is 0.839 bits per heavy atom. The summed E-state index contributed by atoms with van der Waals surface area (Å²) in [6.45, 7) is 9.11. The summed E-state index contributed by atoms with van der Waals surface area (Å²) in [4.78, 5) is 4.71. The molecule has 1 fully saturated rings. The summed E-state index contributed by atoms with van der Waals surface area (Å²) in [5.74, 6) is 0. The van der Waals surface area contributed by atoms with Crippen LogP contribution in [0.4, 0.5) is 0 Å². The van der Waals surface area contributed by atoms with Gasteiger partial charge in [0, 0.05) is 49.3 Å². The molecule has 1 aliphatic rings. The van der Waals surface area contributed by atoms with Gasteiger partial charge in [0.25, 0.3) is 0 Å². The highest BCUT2D eigenvalue weighted by Crippen LogP contribution is 2.13. The van der Waals surface area contributed by atoms with E-state index in [0.717, 1.165) is 49.3 Å². The van der Waals surface area contributed by atoms with Gasteiger partial charge >= 0.3 is 0 Å². The highest BCUT2D eigenvalue weighted by molar-refractivity contribution is 6.30. The van der Waals surface area contributed by atoms with Crippen LogP contribution in [-0.4, -0.2) is 75.6 Å². The quantitative estimate of drug-likeness (QED) is 0.668. The highest BCUT2D eigenvalue weighted by atomic mass is 35.5. The lowest BCUT2D eigenvalue weighted by molar-refractivity contribution is 0.0311. The summed E-state index contributed by atoms with van der Waals surface area (Å²) in [5, 5.41) is 1.52. The third-order valence-corrected chi connectivity index (χ3v) is 5.72. The van der Waals surface area contributed by atoms with Crippen LogP contribution in [0.1, 0.15) is 11.1 Å². The number of rotatable bonds is 4. The minimum absolute atomic E-state index is 0.614. The number of nitrogens with zero attached hydrogens (tertiary/aromatic N) is 2. The Morgan fingerprint density at radius 1 is 0.516 bits per heavy atom. The van der Waals surface area contributed by atoms with Crippen LogP contribution in [0.2, 0.25) is 10.0 Å². The van der Waals surface area contributed by atoms with Crippen LogP contribution >= 0.6 is 23.2 Å². The minimum Gasteiger partial charge on any atom is -0.379 e. The first-order chi connectivity index (χ1) is 15.2. The topological polar surface area (TPSA) is 34.2 Å². The molecule has 3 rings (SSSR count). The lowest BCUT2D eigenvalue weighted by Crippen LogP contribution is -2.32. The first-order valence-electron chi connectivity index (χ1n) is 10.9. The van der Waals surface area contributed by atoms with Crippen molar-refractivity contribution < 1.29 is 14.2 Å². The molecule has 0 atom stereocenters. The Hall–Kier alpha value is -1.18. The Labute approximate surface area is 195 Å². The van der Waals surface area contributed by atoms with E-state index in [4.69, 9.17) is 37.4 Å². The Kier molecular flexibility index (Phi) is 11.1. The predicted octanol–water partition coefficient (Wildman–Crippen LogP) is 4.36. The van der Waals surface area contributed by atoms with Gasteiger partial charge in [-0.05, 0) is 35.4 Å². The van der Waals surface area contributed by atoms with Crippen LogP contribution < -0.4 is 0 Å². The standard InChI is InChI=1S/C24H32Cl2N2O3/c25-23-5-1-21(2-6-23)19-27-9-13-29-14-10-28(12-16-31-18-17-30-15-11-27)20-22-3-7-24(26)8-4-22/h1-8H,9-20H2. The smallest absolute Gasteiger partial charge is 0.0701 e. The summed E-state index contributed by atoms with van der Waals surface area (Å²) in [6, 6.07) is 16.0. The fourth-order valence-electron chi connectivity index (χ4n) is 3.43. The van der Waals surface area contributed by atoms with Crippen molar-refractivity contribution in [1.82, 2.24) is 9.80 Å². The maximum absolute atomic E-state index is 6.01. The molecule has 170 valence electrons. The van der Waals surface area contributed by atoms with Crippen LogP contribution in [0, 0.1) is 0 Å². The molecule has 2 aromatic carbocycles. The molecule has 0 spiro atoms. The van der Waals surface area contributed by atoms with Gasteiger partial charge in [0.15, 0.2) is 0 Å². The van der Waals surface area contributed by atoms with Crippen molar-refractivity contribution in [2.24, 2.45) is 0 Å². The molecule has 1 saturated heterocycles. The van der Waals surface area contributed by atoms with Crippen molar-refractivity contribution in [3.05, 3.63) is 69.7 Å². The summed E-state index contributed by atoms with van der Waals surface area (Å²) < 4.78 is 17.5. The van der Waals surface area contributed by atoms with Crippen molar-refractivity contribution in [2.75, 3.05) is 65.8 Å². The highest BCUT2D eigenvalue weighted by Gasteiger charge is 2.10. The van der Waals surface area contributed by atoms with Gasteiger partial charge in [0.2, 0.25) is 0 Å². The zero-order valence-corrected chi connectivity index (χ0v) is 19.5. The minimum atomic E-state index is 0.614. The second-order valence-corrected chi connectivity index (χ2v) is 8.52. The van der Waals surface area contributed by atoms with Gasteiger partial charge in [-0.15, -0.1) is 0 Å². The summed E-state index contributed by atoms with van der Waals surface area (Å²) >= 11 is 12.0. The number of ether oxygens (including phenoxy) is 3. The summed E-state index contributed by atoms with van der Waals surface area (Å²) in [7, 11) is 0. The van der Waals surface area contributed by atoms with Gasteiger partial charge in [0.05, 0.1) is 39.6 Å². The molecule has 31 heavy (non-hydrogen) atoms. The van der Waals surface area contributed by atoms with Crippen molar-refractivity contribution >= 4 is 23.2 Å².